The Morgan fingerprint density at radius 3 is 2.62 bits per heavy atom. The molecule has 0 aromatic rings. The molecule has 0 amide bonds. The topological polar surface area (TPSA) is 35.5 Å². The Hall–Kier alpha value is -0.670. The van der Waals surface area contributed by atoms with Gasteiger partial charge < -0.3 is 9.47 Å². The molecule has 1 aliphatic carbocycles. The molecule has 2 aliphatic rings. The third-order valence-corrected chi connectivity index (χ3v) is 2.59. The van der Waals surface area contributed by atoms with Crippen molar-refractivity contribution in [3.8, 4) is 0 Å². The second-order valence-corrected chi connectivity index (χ2v) is 4.19. The first-order valence-corrected chi connectivity index (χ1v) is 4.54. The number of hydrogen-bond donors (Lipinski definition) is 0. The fourth-order valence-electron chi connectivity index (χ4n) is 2.06. The maximum Gasteiger partial charge on any atom is 0.164 e. The molecule has 0 bridgehead atoms. The minimum atomic E-state index is -0.575. The van der Waals surface area contributed by atoms with Gasteiger partial charge in [-0.05, 0) is 32.9 Å². The van der Waals surface area contributed by atoms with Gasteiger partial charge in [0.1, 0.15) is 5.60 Å². The number of carbonyl (C=O) groups excluding carboxylic acids is 1. The molecule has 1 aliphatic heterocycles. The lowest BCUT2D eigenvalue weighted by molar-refractivity contribution is -0.155. The summed E-state index contributed by atoms with van der Waals surface area (Å²) in [6.45, 7) is 5.68. The first-order valence-electron chi connectivity index (χ1n) is 4.54. The van der Waals surface area contributed by atoms with Crippen LogP contribution in [0.5, 0.6) is 0 Å². The van der Waals surface area contributed by atoms with E-state index in [0.29, 0.717) is 6.42 Å². The Morgan fingerprint density at radius 1 is 1.54 bits per heavy atom. The predicted octanol–water partition coefficient (Wildman–Crippen LogP) is 1.43. The highest BCUT2D eigenvalue weighted by Gasteiger charge is 2.52. The van der Waals surface area contributed by atoms with E-state index >= 15 is 0 Å². The van der Waals surface area contributed by atoms with E-state index in [4.69, 9.17) is 9.47 Å². The third kappa shape index (κ3) is 1.32. The highest BCUT2D eigenvalue weighted by Crippen LogP contribution is 2.42. The fourth-order valence-corrected chi connectivity index (χ4v) is 2.06. The van der Waals surface area contributed by atoms with Gasteiger partial charge in [0.15, 0.2) is 11.6 Å². The molecule has 1 saturated heterocycles. The van der Waals surface area contributed by atoms with Gasteiger partial charge in [0.2, 0.25) is 0 Å². The van der Waals surface area contributed by atoms with Crippen molar-refractivity contribution in [1.29, 1.82) is 0 Å². The van der Waals surface area contributed by atoms with Gasteiger partial charge in [-0.3, -0.25) is 4.79 Å². The van der Waals surface area contributed by atoms with Crippen LogP contribution in [0.4, 0.5) is 0 Å². The van der Waals surface area contributed by atoms with Gasteiger partial charge >= 0.3 is 0 Å². The zero-order chi connectivity index (χ0) is 9.69. The van der Waals surface area contributed by atoms with Gasteiger partial charge in [-0.15, -0.1) is 0 Å². The van der Waals surface area contributed by atoms with Crippen molar-refractivity contribution in [1.82, 2.24) is 0 Å². The highest BCUT2D eigenvalue weighted by atomic mass is 16.8. The number of ketones is 1. The second-order valence-electron chi connectivity index (χ2n) is 4.19. The zero-order valence-electron chi connectivity index (χ0n) is 8.16. The Bertz CT molecular complexity index is 280. The van der Waals surface area contributed by atoms with E-state index in [-0.39, 0.29) is 11.9 Å². The van der Waals surface area contributed by atoms with Gasteiger partial charge in [-0.1, -0.05) is 0 Å². The zero-order valence-corrected chi connectivity index (χ0v) is 8.16. The van der Waals surface area contributed by atoms with Crippen LogP contribution in [-0.4, -0.2) is 23.3 Å². The van der Waals surface area contributed by atoms with Gasteiger partial charge in [0.05, 0.1) is 6.10 Å². The normalized spacial score (nSPS) is 42.1. The molecule has 0 unspecified atom stereocenters. The average molecular weight is 182 g/mol. The number of ether oxygens (including phenoxy) is 2. The Morgan fingerprint density at radius 2 is 2.23 bits per heavy atom. The van der Waals surface area contributed by atoms with Crippen LogP contribution in [0.2, 0.25) is 0 Å². The summed E-state index contributed by atoms with van der Waals surface area (Å²) in [5, 5.41) is 0. The van der Waals surface area contributed by atoms with Crippen molar-refractivity contribution in [3.05, 3.63) is 12.2 Å². The third-order valence-electron chi connectivity index (χ3n) is 2.59. The van der Waals surface area contributed by atoms with Crippen LogP contribution in [-0.2, 0) is 14.3 Å². The van der Waals surface area contributed by atoms with Crippen LogP contribution in [0.25, 0.3) is 0 Å². The summed E-state index contributed by atoms with van der Waals surface area (Å²) in [5.41, 5.74) is -0.499. The van der Waals surface area contributed by atoms with Crippen LogP contribution in [0.1, 0.15) is 27.2 Å². The maximum atomic E-state index is 11.1. The minimum Gasteiger partial charge on any atom is -0.344 e. The van der Waals surface area contributed by atoms with Crippen LogP contribution in [0, 0.1) is 0 Å². The minimum absolute atomic E-state index is 0.0507. The molecular weight excluding hydrogens is 168 g/mol. The second kappa shape index (κ2) is 2.42. The number of hydrogen-bond acceptors (Lipinski definition) is 3. The van der Waals surface area contributed by atoms with E-state index in [1.54, 1.807) is 6.08 Å². The molecule has 1 spiro atoms. The SMILES string of the molecule is C[C@H]1OC(C)(C)O[C@@]12C=CC(=O)C2. The first kappa shape index (κ1) is 8.91. The smallest absolute Gasteiger partial charge is 0.164 e. The number of allylic oxidation sites excluding steroid dienone is 1. The van der Waals surface area contributed by atoms with Crippen LogP contribution in [0.15, 0.2) is 12.2 Å². The molecule has 3 heteroatoms. The lowest BCUT2D eigenvalue weighted by Crippen LogP contribution is -2.35. The molecule has 0 saturated carbocycles. The van der Waals surface area contributed by atoms with Crippen molar-refractivity contribution in [2.24, 2.45) is 0 Å². The molecule has 1 fully saturated rings. The molecule has 0 aromatic carbocycles. The van der Waals surface area contributed by atoms with Gasteiger partial charge in [-0.2, -0.15) is 0 Å². The van der Waals surface area contributed by atoms with Crippen LogP contribution in [0.3, 0.4) is 0 Å². The van der Waals surface area contributed by atoms with Crippen molar-refractivity contribution in [2.45, 2.75) is 44.7 Å². The molecule has 2 rings (SSSR count). The quantitative estimate of drug-likeness (QED) is 0.568. The van der Waals surface area contributed by atoms with Crippen LogP contribution < -0.4 is 0 Å². The standard InChI is InChI=1S/C10H14O3/c1-7-10(5-4-8(11)6-10)13-9(2,3)12-7/h4-5,7H,6H2,1-3H3/t7-,10-/m1/s1. The van der Waals surface area contributed by atoms with Crippen molar-refractivity contribution < 1.29 is 14.3 Å². The summed E-state index contributed by atoms with van der Waals surface area (Å²) >= 11 is 0. The van der Waals surface area contributed by atoms with E-state index in [9.17, 15) is 4.79 Å². The number of rotatable bonds is 0. The summed E-state index contributed by atoms with van der Waals surface area (Å²) in [7, 11) is 0. The molecule has 13 heavy (non-hydrogen) atoms. The van der Waals surface area contributed by atoms with Crippen LogP contribution >= 0.6 is 0 Å². The van der Waals surface area contributed by atoms with Crippen molar-refractivity contribution >= 4 is 5.78 Å². The Labute approximate surface area is 77.7 Å². The lowest BCUT2D eigenvalue weighted by Gasteiger charge is -2.23. The fraction of sp³-hybridized carbons (Fsp3) is 0.700. The molecule has 1 heterocycles. The number of carbonyl (C=O) groups is 1. The van der Waals surface area contributed by atoms with E-state index in [1.165, 1.54) is 0 Å². The van der Waals surface area contributed by atoms with E-state index in [0.717, 1.165) is 0 Å². The van der Waals surface area contributed by atoms with E-state index in [1.807, 2.05) is 26.8 Å². The van der Waals surface area contributed by atoms with Gasteiger partial charge in [-0.25, -0.2) is 0 Å². The monoisotopic (exact) mass is 182 g/mol. The van der Waals surface area contributed by atoms with Gasteiger partial charge in [0.25, 0.3) is 0 Å². The maximum absolute atomic E-state index is 11.1. The summed E-state index contributed by atoms with van der Waals surface area (Å²) in [4.78, 5) is 11.1. The first-order chi connectivity index (χ1) is 5.94. The molecule has 0 radical (unpaired) electrons. The van der Waals surface area contributed by atoms with Gasteiger partial charge in [0, 0.05) is 6.42 Å². The predicted molar refractivity (Wildman–Crippen MR) is 47.2 cm³/mol. The highest BCUT2D eigenvalue weighted by molar-refractivity contribution is 5.93. The van der Waals surface area contributed by atoms with Crippen molar-refractivity contribution in [2.75, 3.05) is 0 Å². The molecular formula is C10H14O3. The Balaban J connectivity index is 2.26. The largest absolute Gasteiger partial charge is 0.344 e. The summed E-state index contributed by atoms with van der Waals surface area (Å²) < 4.78 is 11.4. The van der Waals surface area contributed by atoms with E-state index in [2.05, 4.69) is 0 Å². The molecule has 0 N–H and O–H groups in total. The summed E-state index contributed by atoms with van der Waals surface area (Å²) in [6.07, 6.45) is 3.78. The average Bonchev–Trinajstić information content (AvgIpc) is 2.39. The molecule has 72 valence electrons. The molecule has 0 aromatic heterocycles. The lowest BCUT2D eigenvalue weighted by atomic mass is 9.97. The Kier molecular flexibility index (Phi) is 1.66. The molecule has 2 atom stereocenters. The van der Waals surface area contributed by atoms with E-state index < -0.39 is 11.4 Å². The van der Waals surface area contributed by atoms with Crippen molar-refractivity contribution in [3.63, 3.8) is 0 Å². The summed E-state index contributed by atoms with van der Waals surface area (Å²) in [5.74, 6) is -0.456. The summed E-state index contributed by atoms with van der Waals surface area (Å²) in [6, 6.07) is 0. The molecule has 3 nitrogen and oxygen atoms in total.